The van der Waals surface area contributed by atoms with Gasteiger partial charge < -0.3 is 18.9 Å². The molecular formula is C24H23N3O4S2. The Kier molecular flexibility index (Phi) is 7.11. The van der Waals surface area contributed by atoms with Crippen molar-refractivity contribution in [2.45, 2.75) is 0 Å². The summed E-state index contributed by atoms with van der Waals surface area (Å²) < 4.78 is 23.4. The smallest absolute Gasteiger partial charge is 0.211 e. The Bertz CT molecular complexity index is 1280. The van der Waals surface area contributed by atoms with E-state index in [0.717, 1.165) is 32.4 Å². The Labute approximate surface area is 199 Å². The molecule has 0 N–H and O–H groups in total. The minimum atomic E-state index is 0.537. The van der Waals surface area contributed by atoms with E-state index in [1.807, 2.05) is 52.5 Å². The van der Waals surface area contributed by atoms with Crippen molar-refractivity contribution in [2.24, 2.45) is 10.1 Å². The highest BCUT2D eigenvalue weighted by atomic mass is 32.1. The summed E-state index contributed by atoms with van der Waals surface area (Å²) in [7, 11) is 6.40. The van der Waals surface area contributed by atoms with Gasteiger partial charge in [-0.25, -0.2) is 9.67 Å². The van der Waals surface area contributed by atoms with E-state index in [9.17, 15) is 0 Å². The lowest BCUT2D eigenvalue weighted by molar-refractivity contribution is 0.324. The zero-order valence-electron chi connectivity index (χ0n) is 18.6. The summed E-state index contributed by atoms with van der Waals surface area (Å²) >= 11 is 3.18. The van der Waals surface area contributed by atoms with E-state index >= 15 is 0 Å². The molecule has 0 aliphatic carbocycles. The van der Waals surface area contributed by atoms with Crippen molar-refractivity contribution in [2.75, 3.05) is 28.4 Å². The third-order valence-corrected chi connectivity index (χ3v) is 6.47. The van der Waals surface area contributed by atoms with Gasteiger partial charge in [0.25, 0.3) is 0 Å². The third kappa shape index (κ3) is 4.94. The fraction of sp³-hybridized carbons (Fsp3) is 0.167. The molecule has 4 rings (SSSR count). The summed E-state index contributed by atoms with van der Waals surface area (Å²) in [6.45, 7) is 0. The number of thiophene rings is 1. The number of hydrogen-bond donors (Lipinski definition) is 0. The van der Waals surface area contributed by atoms with Gasteiger partial charge in [0.1, 0.15) is 5.75 Å². The van der Waals surface area contributed by atoms with E-state index in [1.54, 1.807) is 46.0 Å². The molecule has 0 saturated carbocycles. The molecule has 0 atom stereocenters. The molecule has 2 aromatic heterocycles. The maximum absolute atomic E-state index is 5.46. The topological polar surface area (TPSA) is 66.6 Å². The summed E-state index contributed by atoms with van der Waals surface area (Å²) in [5.41, 5.74) is 2.58. The van der Waals surface area contributed by atoms with Crippen molar-refractivity contribution in [1.82, 2.24) is 4.68 Å². The van der Waals surface area contributed by atoms with Crippen LogP contribution in [0.25, 0.3) is 10.6 Å². The van der Waals surface area contributed by atoms with Gasteiger partial charge in [-0.05, 0) is 47.8 Å². The molecule has 0 bridgehead atoms. The Morgan fingerprint density at radius 3 is 2.15 bits per heavy atom. The average Bonchev–Trinajstić information content (AvgIpc) is 3.52. The van der Waals surface area contributed by atoms with E-state index in [-0.39, 0.29) is 0 Å². The van der Waals surface area contributed by atoms with Crippen LogP contribution in [-0.2, 0) is 0 Å². The van der Waals surface area contributed by atoms with E-state index in [4.69, 9.17) is 29.0 Å². The Morgan fingerprint density at radius 2 is 1.58 bits per heavy atom. The minimum absolute atomic E-state index is 0.537. The first-order valence-electron chi connectivity index (χ1n) is 9.94. The standard InChI is InChI=1S/C24H23N3O4S2/c1-28-18-9-7-17(8-10-18)26-24-27(19(15-33-24)22-6-5-11-32-22)25-14-16-12-20(29-2)23(31-4)21(13-16)30-3/h5-15H,1-4H3. The summed E-state index contributed by atoms with van der Waals surface area (Å²) in [5.74, 6) is 2.45. The number of ether oxygens (including phenoxy) is 4. The fourth-order valence-electron chi connectivity index (χ4n) is 3.15. The number of hydrogen-bond acceptors (Lipinski definition) is 8. The van der Waals surface area contributed by atoms with Crippen LogP contribution >= 0.6 is 22.7 Å². The number of benzene rings is 2. The van der Waals surface area contributed by atoms with Gasteiger partial charge in [-0.15, -0.1) is 22.7 Å². The highest BCUT2D eigenvalue weighted by Gasteiger charge is 2.13. The molecule has 170 valence electrons. The lowest BCUT2D eigenvalue weighted by Gasteiger charge is -2.12. The molecule has 4 aromatic rings. The number of rotatable bonds is 8. The lowest BCUT2D eigenvalue weighted by atomic mass is 10.2. The molecule has 7 nitrogen and oxygen atoms in total. The first-order valence-corrected chi connectivity index (χ1v) is 11.7. The fourth-order valence-corrected chi connectivity index (χ4v) is 4.80. The quantitative estimate of drug-likeness (QED) is 0.315. The lowest BCUT2D eigenvalue weighted by Crippen LogP contribution is -2.11. The SMILES string of the molecule is COc1ccc(N=c2scc(-c3cccs3)n2N=Cc2cc(OC)c(OC)c(OC)c2)cc1. The molecule has 2 heterocycles. The molecule has 0 unspecified atom stereocenters. The van der Waals surface area contributed by atoms with Crippen LogP contribution in [-0.4, -0.2) is 39.3 Å². The largest absolute Gasteiger partial charge is 0.497 e. The Morgan fingerprint density at radius 1 is 0.848 bits per heavy atom. The highest BCUT2D eigenvalue weighted by Crippen LogP contribution is 2.37. The third-order valence-electron chi connectivity index (χ3n) is 4.77. The van der Waals surface area contributed by atoms with Gasteiger partial charge in [-0.2, -0.15) is 5.10 Å². The van der Waals surface area contributed by atoms with Crippen LogP contribution in [0.3, 0.4) is 0 Å². The molecular weight excluding hydrogens is 458 g/mol. The van der Waals surface area contributed by atoms with Crippen LogP contribution in [0.4, 0.5) is 5.69 Å². The van der Waals surface area contributed by atoms with Crippen molar-refractivity contribution in [1.29, 1.82) is 0 Å². The van der Waals surface area contributed by atoms with Crippen molar-refractivity contribution >= 4 is 34.6 Å². The van der Waals surface area contributed by atoms with E-state index in [2.05, 4.69) is 11.4 Å². The Balaban J connectivity index is 1.80. The maximum atomic E-state index is 5.46. The van der Waals surface area contributed by atoms with Crippen LogP contribution in [0.1, 0.15) is 5.56 Å². The van der Waals surface area contributed by atoms with E-state index < -0.39 is 0 Å². The molecule has 0 fully saturated rings. The predicted molar refractivity (Wildman–Crippen MR) is 133 cm³/mol. The first kappa shape index (κ1) is 22.6. The van der Waals surface area contributed by atoms with Gasteiger partial charge >= 0.3 is 0 Å². The average molecular weight is 482 g/mol. The molecule has 2 aromatic carbocycles. The second kappa shape index (κ2) is 10.4. The monoisotopic (exact) mass is 481 g/mol. The summed E-state index contributed by atoms with van der Waals surface area (Å²) in [6.07, 6.45) is 1.75. The summed E-state index contributed by atoms with van der Waals surface area (Å²) in [5, 5.41) is 8.87. The van der Waals surface area contributed by atoms with Gasteiger partial charge in [0, 0.05) is 10.9 Å². The van der Waals surface area contributed by atoms with Crippen LogP contribution in [0.5, 0.6) is 23.0 Å². The van der Waals surface area contributed by atoms with Gasteiger partial charge in [-0.1, -0.05) is 6.07 Å². The van der Waals surface area contributed by atoms with Gasteiger partial charge in [-0.3, -0.25) is 0 Å². The molecule has 0 aliphatic heterocycles. The second-order valence-corrected chi connectivity index (χ2v) is 8.49. The van der Waals surface area contributed by atoms with Crippen molar-refractivity contribution in [3.63, 3.8) is 0 Å². The summed E-state index contributed by atoms with van der Waals surface area (Å²) in [6, 6.07) is 15.4. The molecule has 33 heavy (non-hydrogen) atoms. The zero-order valence-corrected chi connectivity index (χ0v) is 20.3. The van der Waals surface area contributed by atoms with Crippen LogP contribution < -0.4 is 23.7 Å². The molecule has 9 heteroatoms. The van der Waals surface area contributed by atoms with Crippen molar-refractivity contribution in [3.8, 4) is 33.6 Å². The number of nitrogens with zero attached hydrogens (tertiary/aromatic N) is 3. The van der Waals surface area contributed by atoms with Gasteiger partial charge in [0.05, 0.1) is 50.9 Å². The summed E-state index contributed by atoms with van der Waals surface area (Å²) in [4.78, 5) is 6.65. The van der Waals surface area contributed by atoms with Crippen LogP contribution in [0.15, 0.2) is 69.4 Å². The van der Waals surface area contributed by atoms with E-state index in [0.29, 0.717) is 17.2 Å². The van der Waals surface area contributed by atoms with Gasteiger partial charge in [0.15, 0.2) is 11.5 Å². The normalized spacial score (nSPS) is 11.7. The molecule has 0 amide bonds. The highest BCUT2D eigenvalue weighted by molar-refractivity contribution is 7.14. The van der Waals surface area contributed by atoms with Crippen LogP contribution in [0.2, 0.25) is 0 Å². The molecule has 0 spiro atoms. The maximum Gasteiger partial charge on any atom is 0.211 e. The van der Waals surface area contributed by atoms with Crippen molar-refractivity contribution < 1.29 is 18.9 Å². The number of aromatic nitrogens is 1. The predicted octanol–water partition coefficient (Wildman–Crippen LogP) is 5.43. The van der Waals surface area contributed by atoms with Crippen molar-refractivity contribution in [3.05, 3.63) is 69.7 Å². The van der Waals surface area contributed by atoms with E-state index in [1.165, 1.54) is 11.3 Å². The second-order valence-electron chi connectivity index (χ2n) is 6.71. The molecule has 0 aliphatic rings. The zero-order chi connectivity index (χ0) is 23.2. The number of methoxy groups -OCH3 is 4. The first-order chi connectivity index (χ1) is 16.2. The van der Waals surface area contributed by atoms with Crippen LogP contribution in [0, 0.1) is 0 Å². The molecule has 0 radical (unpaired) electrons. The number of thiazole rings is 1. The van der Waals surface area contributed by atoms with Gasteiger partial charge in [0.2, 0.25) is 10.6 Å². The Hall–Kier alpha value is -3.56. The minimum Gasteiger partial charge on any atom is -0.497 e. The molecule has 0 saturated heterocycles.